The quantitative estimate of drug-likeness (QED) is 0.443. The van der Waals surface area contributed by atoms with E-state index in [1.807, 2.05) is 37.4 Å². The van der Waals surface area contributed by atoms with Crippen LogP contribution in [0.2, 0.25) is 0 Å². The normalized spacial score (nSPS) is 16.4. The highest BCUT2D eigenvalue weighted by Gasteiger charge is 2.28. The highest BCUT2D eigenvalue weighted by molar-refractivity contribution is 7.98. The fraction of sp³-hybridized carbons (Fsp3) is 0.480. The zero-order valence-corrected chi connectivity index (χ0v) is 22.2. The molecule has 2 atom stereocenters. The Morgan fingerprint density at radius 3 is 2.37 bits per heavy atom. The van der Waals surface area contributed by atoms with Crippen LogP contribution in [0.15, 0.2) is 53.4 Å². The summed E-state index contributed by atoms with van der Waals surface area (Å²) >= 11 is 1.57. The van der Waals surface area contributed by atoms with E-state index in [1.54, 1.807) is 43.1 Å². The lowest BCUT2D eigenvalue weighted by Gasteiger charge is -2.35. The smallest absolute Gasteiger partial charge is 0.241 e. The first-order valence-corrected chi connectivity index (χ1v) is 14.5. The maximum atomic E-state index is 13.2. The molecule has 0 radical (unpaired) electrons. The molecule has 3 rings (SSSR count). The number of hydrogen-bond donors (Lipinski definition) is 2. The lowest BCUT2D eigenvalue weighted by molar-refractivity contribution is -0.123. The monoisotopic (exact) mass is 521 g/mol. The van der Waals surface area contributed by atoms with Crippen LogP contribution in [0.4, 0.5) is 0 Å². The second kappa shape index (κ2) is 13.3. The average molecular weight is 522 g/mol. The minimum absolute atomic E-state index is 0.0661. The van der Waals surface area contributed by atoms with Crippen molar-refractivity contribution in [3.8, 4) is 5.75 Å². The van der Waals surface area contributed by atoms with Gasteiger partial charge in [0.05, 0.1) is 31.3 Å². The van der Waals surface area contributed by atoms with E-state index in [4.69, 9.17) is 9.47 Å². The number of hydrogen-bond acceptors (Lipinski definition) is 7. The Morgan fingerprint density at radius 2 is 1.77 bits per heavy atom. The Labute approximate surface area is 212 Å². The molecule has 8 nitrogen and oxygen atoms in total. The minimum atomic E-state index is -3.83. The van der Waals surface area contributed by atoms with Crippen LogP contribution < -0.4 is 14.8 Å². The molecule has 0 spiro atoms. The van der Waals surface area contributed by atoms with E-state index < -0.39 is 16.1 Å². The summed E-state index contributed by atoms with van der Waals surface area (Å²) in [7, 11) is -2.21. The van der Waals surface area contributed by atoms with E-state index in [1.165, 1.54) is 0 Å². The van der Waals surface area contributed by atoms with Crippen molar-refractivity contribution in [2.45, 2.75) is 30.3 Å². The van der Waals surface area contributed by atoms with Gasteiger partial charge in [0.2, 0.25) is 15.9 Å². The molecule has 1 heterocycles. The molecular weight excluding hydrogens is 486 g/mol. The predicted octanol–water partition coefficient (Wildman–Crippen LogP) is 2.59. The fourth-order valence-corrected chi connectivity index (χ4v) is 5.65. The molecule has 2 N–H and O–H groups in total. The molecule has 0 aliphatic carbocycles. The number of sulfonamides is 1. The number of aryl methyl sites for hydroxylation is 1. The lowest BCUT2D eigenvalue weighted by atomic mass is 10.0. The molecule has 1 fully saturated rings. The van der Waals surface area contributed by atoms with Gasteiger partial charge in [0.1, 0.15) is 11.8 Å². The standard InChI is InChI=1S/C25H35N3O5S2/c1-19-4-10-22(11-5-19)35(30,31)27-23(12-17-34-3)25(29)26-18-24(28-13-15-33-16-14-28)20-6-8-21(32-2)9-7-20/h4-11,23-24,27H,12-18H2,1-3H3,(H,26,29)/t23-,24-/m1/s1. The number of ether oxygens (including phenoxy) is 2. The summed E-state index contributed by atoms with van der Waals surface area (Å²) in [4.78, 5) is 15.6. The van der Waals surface area contributed by atoms with Gasteiger partial charge in [-0.2, -0.15) is 16.5 Å². The summed E-state index contributed by atoms with van der Waals surface area (Å²) in [5, 5.41) is 3.01. The van der Waals surface area contributed by atoms with Crippen molar-refractivity contribution in [3.63, 3.8) is 0 Å². The number of morpholine rings is 1. The van der Waals surface area contributed by atoms with Crippen molar-refractivity contribution in [2.24, 2.45) is 0 Å². The molecule has 2 aromatic rings. The maximum Gasteiger partial charge on any atom is 0.241 e. The largest absolute Gasteiger partial charge is 0.497 e. The molecule has 35 heavy (non-hydrogen) atoms. The van der Waals surface area contributed by atoms with Gasteiger partial charge in [-0.3, -0.25) is 9.69 Å². The van der Waals surface area contributed by atoms with Crippen LogP contribution in [0.25, 0.3) is 0 Å². The lowest BCUT2D eigenvalue weighted by Crippen LogP contribution is -2.50. The molecular formula is C25H35N3O5S2. The van der Waals surface area contributed by atoms with Crippen LogP contribution in [-0.4, -0.2) is 77.2 Å². The van der Waals surface area contributed by atoms with Gasteiger partial charge >= 0.3 is 0 Å². The van der Waals surface area contributed by atoms with Gasteiger partial charge in [0.25, 0.3) is 0 Å². The molecule has 192 valence electrons. The third-order valence-electron chi connectivity index (χ3n) is 6.01. The van der Waals surface area contributed by atoms with E-state index in [9.17, 15) is 13.2 Å². The highest BCUT2D eigenvalue weighted by Crippen LogP contribution is 2.24. The molecule has 0 unspecified atom stereocenters. The zero-order valence-electron chi connectivity index (χ0n) is 20.5. The Morgan fingerprint density at radius 1 is 1.11 bits per heavy atom. The predicted molar refractivity (Wildman–Crippen MR) is 139 cm³/mol. The van der Waals surface area contributed by atoms with Gasteiger partial charge in [-0.05, 0) is 55.2 Å². The molecule has 0 aromatic heterocycles. The molecule has 1 saturated heterocycles. The summed E-state index contributed by atoms with van der Waals surface area (Å²) in [6.45, 7) is 5.02. The van der Waals surface area contributed by atoms with Gasteiger partial charge < -0.3 is 14.8 Å². The summed E-state index contributed by atoms with van der Waals surface area (Å²) in [6, 6.07) is 13.5. The Balaban J connectivity index is 1.74. The van der Waals surface area contributed by atoms with E-state index >= 15 is 0 Å². The Bertz CT molecular complexity index is 1040. The van der Waals surface area contributed by atoms with Gasteiger partial charge in [-0.25, -0.2) is 8.42 Å². The van der Waals surface area contributed by atoms with Crippen LogP contribution in [0.1, 0.15) is 23.6 Å². The molecule has 0 bridgehead atoms. The number of nitrogens with one attached hydrogen (secondary N) is 2. The number of thioether (sulfide) groups is 1. The van der Waals surface area contributed by atoms with Crippen molar-refractivity contribution in [2.75, 3.05) is 52.0 Å². The first-order chi connectivity index (χ1) is 16.8. The van der Waals surface area contributed by atoms with Crippen molar-refractivity contribution in [3.05, 3.63) is 59.7 Å². The third kappa shape index (κ3) is 7.94. The summed E-state index contributed by atoms with van der Waals surface area (Å²) in [5.74, 6) is 1.09. The minimum Gasteiger partial charge on any atom is -0.497 e. The number of carbonyl (C=O) groups excluding carboxylic acids is 1. The molecule has 1 aliphatic heterocycles. The Kier molecular flexibility index (Phi) is 10.4. The van der Waals surface area contributed by atoms with Gasteiger partial charge in [-0.15, -0.1) is 0 Å². The topological polar surface area (TPSA) is 97.0 Å². The van der Waals surface area contributed by atoms with Crippen LogP contribution in [0.5, 0.6) is 5.75 Å². The highest BCUT2D eigenvalue weighted by atomic mass is 32.2. The van der Waals surface area contributed by atoms with E-state index in [2.05, 4.69) is 14.9 Å². The summed E-state index contributed by atoms with van der Waals surface area (Å²) < 4.78 is 39.3. The number of nitrogens with zero attached hydrogens (tertiary/aromatic N) is 1. The van der Waals surface area contributed by atoms with Gasteiger partial charge in [0, 0.05) is 19.6 Å². The summed E-state index contributed by atoms with van der Waals surface area (Å²) in [5.41, 5.74) is 2.02. The van der Waals surface area contributed by atoms with E-state index in [0.717, 1.165) is 30.0 Å². The van der Waals surface area contributed by atoms with Crippen LogP contribution in [-0.2, 0) is 19.6 Å². The molecule has 0 saturated carbocycles. The Hall–Kier alpha value is -2.11. The van der Waals surface area contributed by atoms with Crippen LogP contribution in [0, 0.1) is 6.92 Å². The average Bonchev–Trinajstić information content (AvgIpc) is 2.87. The van der Waals surface area contributed by atoms with Crippen LogP contribution in [0.3, 0.4) is 0 Å². The number of benzene rings is 2. The van der Waals surface area contributed by atoms with Crippen molar-refractivity contribution in [1.82, 2.24) is 14.9 Å². The first kappa shape index (κ1) is 27.5. The van der Waals surface area contributed by atoms with Crippen molar-refractivity contribution in [1.29, 1.82) is 0 Å². The number of carbonyl (C=O) groups is 1. The second-order valence-electron chi connectivity index (χ2n) is 8.45. The fourth-order valence-electron chi connectivity index (χ4n) is 3.95. The van der Waals surface area contributed by atoms with Crippen molar-refractivity contribution >= 4 is 27.7 Å². The number of rotatable bonds is 12. The molecule has 1 aliphatic rings. The van der Waals surface area contributed by atoms with Crippen LogP contribution >= 0.6 is 11.8 Å². The second-order valence-corrected chi connectivity index (χ2v) is 11.2. The van der Waals surface area contributed by atoms with E-state index in [0.29, 0.717) is 31.9 Å². The van der Waals surface area contributed by atoms with Gasteiger partial charge in [0.15, 0.2) is 0 Å². The molecule has 1 amide bonds. The molecule has 10 heteroatoms. The third-order valence-corrected chi connectivity index (χ3v) is 8.14. The maximum absolute atomic E-state index is 13.2. The molecule has 2 aromatic carbocycles. The van der Waals surface area contributed by atoms with E-state index in [-0.39, 0.29) is 16.8 Å². The first-order valence-electron chi connectivity index (χ1n) is 11.7. The number of methoxy groups -OCH3 is 1. The SMILES string of the molecule is COc1ccc([C@@H](CNC(=O)[C@@H](CCSC)NS(=O)(=O)c2ccc(C)cc2)N2CCOCC2)cc1. The zero-order chi connectivity index (χ0) is 25.3. The van der Waals surface area contributed by atoms with Gasteiger partial charge in [-0.1, -0.05) is 29.8 Å². The summed E-state index contributed by atoms with van der Waals surface area (Å²) in [6.07, 6.45) is 2.32. The number of amides is 1. The van der Waals surface area contributed by atoms with Crippen molar-refractivity contribution < 1.29 is 22.7 Å².